The van der Waals surface area contributed by atoms with Gasteiger partial charge >= 0.3 is 5.69 Å². The van der Waals surface area contributed by atoms with Crippen LogP contribution in [0.1, 0.15) is 20.3 Å². The van der Waals surface area contributed by atoms with Crippen molar-refractivity contribution in [1.82, 2.24) is 0 Å². The molecule has 2 rings (SSSR count). The van der Waals surface area contributed by atoms with E-state index in [4.69, 9.17) is 4.74 Å². The molecule has 0 spiro atoms. The summed E-state index contributed by atoms with van der Waals surface area (Å²) in [6.45, 7) is 3.98. The zero-order chi connectivity index (χ0) is 14.2. The number of nitro benzene ring substituents is 1. The van der Waals surface area contributed by atoms with Crippen LogP contribution in [-0.4, -0.2) is 29.3 Å². The number of hydrogen-bond donors (Lipinski definition) is 2. The summed E-state index contributed by atoms with van der Waals surface area (Å²) in [5, 5.41) is 23.8. The molecule has 0 bridgehead atoms. The molecule has 1 aromatic carbocycles. The topological polar surface area (TPSA) is 84.6 Å². The van der Waals surface area contributed by atoms with E-state index in [0.29, 0.717) is 6.42 Å². The maximum atomic E-state index is 10.8. The Morgan fingerprint density at radius 3 is 2.68 bits per heavy atom. The molecule has 1 saturated carbocycles. The Morgan fingerprint density at radius 2 is 2.21 bits per heavy atom. The SMILES string of the molecule is COc1cc(NC2CC(O)C2(C)C)ccc1[N+](=O)[O-]. The number of anilines is 1. The van der Waals surface area contributed by atoms with Crippen molar-refractivity contribution in [3.05, 3.63) is 28.3 Å². The van der Waals surface area contributed by atoms with Crippen molar-refractivity contribution >= 4 is 11.4 Å². The molecule has 0 saturated heterocycles. The second-order valence-corrected chi connectivity index (χ2v) is 5.41. The second kappa shape index (κ2) is 4.70. The zero-order valence-corrected chi connectivity index (χ0v) is 11.2. The first-order valence-corrected chi connectivity index (χ1v) is 6.13. The molecule has 0 heterocycles. The average Bonchev–Trinajstić information content (AvgIpc) is 2.38. The number of nitrogens with zero attached hydrogens (tertiary/aromatic N) is 1. The smallest absolute Gasteiger partial charge is 0.311 e. The summed E-state index contributed by atoms with van der Waals surface area (Å²) in [7, 11) is 1.41. The lowest BCUT2D eigenvalue weighted by Gasteiger charge is -2.49. The lowest BCUT2D eigenvalue weighted by molar-refractivity contribution is -0.385. The van der Waals surface area contributed by atoms with Crippen LogP contribution in [0.4, 0.5) is 11.4 Å². The Labute approximate surface area is 111 Å². The predicted octanol–water partition coefficient (Wildman–Crippen LogP) is 2.17. The van der Waals surface area contributed by atoms with Crippen LogP contribution >= 0.6 is 0 Å². The highest BCUT2D eigenvalue weighted by molar-refractivity contribution is 5.58. The molecule has 2 N–H and O–H groups in total. The van der Waals surface area contributed by atoms with Gasteiger partial charge in [-0.25, -0.2) is 0 Å². The monoisotopic (exact) mass is 266 g/mol. The van der Waals surface area contributed by atoms with Gasteiger partial charge in [-0.15, -0.1) is 0 Å². The van der Waals surface area contributed by atoms with Gasteiger partial charge in [-0.05, 0) is 12.5 Å². The lowest BCUT2D eigenvalue weighted by Crippen LogP contribution is -2.56. The summed E-state index contributed by atoms with van der Waals surface area (Å²) < 4.78 is 5.02. The highest BCUT2D eigenvalue weighted by Crippen LogP contribution is 2.42. The number of benzene rings is 1. The standard InChI is InChI=1S/C13H18N2O4/c1-13(2)11(7-12(13)16)14-8-4-5-9(15(17)18)10(6-8)19-3/h4-6,11-12,14,16H,7H2,1-3H3. The molecule has 6 heteroatoms. The van der Waals surface area contributed by atoms with Gasteiger partial charge in [0.15, 0.2) is 5.75 Å². The molecular weight excluding hydrogens is 248 g/mol. The van der Waals surface area contributed by atoms with E-state index in [1.807, 2.05) is 13.8 Å². The van der Waals surface area contributed by atoms with Crippen LogP contribution in [0.5, 0.6) is 5.75 Å². The van der Waals surface area contributed by atoms with E-state index in [1.54, 1.807) is 12.1 Å². The van der Waals surface area contributed by atoms with Gasteiger partial charge in [0.25, 0.3) is 0 Å². The van der Waals surface area contributed by atoms with E-state index in [1.165, 1.54) is 13.2 Å². The van der Waals surface area contributed by atoms with Crippen molar-refractivity contribution in [2.24, 2.45) is 5.41 Å². The number of nitrogens with one attached hydrogen (secondary N) is 1. The summed E-state index contributed by atoms with van der Waals surface area (Å²) >= 11 is 0. The number of aliphatic hydroxyl groups excluding tert-OH is 1. The summed E-state index contributed by atoms with van der Waals surface area (Å²) in [4.78, 5) is 10.3. The van der Waals surface area contributed by atoms with Crippen LogP contribution in [0.15, 0.2) is 18.2 Å². The number of nitro groups is 1. The third-order valence-corrected chi connectivity index (χ3v) is 3.93. The minimum Gasteiger partial charge on any atom is -0.490 e. The summed E-state index contributed by atoms with van der Waals surface area (Å²) in [5.41, 5.74) is 0.503. The molecule has 2 unspecified atom stereocenters. The molecule has 1 fully saturated rings. The minimum absolute atomic E-state index is 0.0547. The van der Waals surface area contributed by atoms with Crippen LogP contribution in [0.3, 0.4) is 0 Å². The van der Waals surface area contributed by atoms with Crippen LogP contribution in [0, 0.1) is 15.5 Å². The quantitative estimate of drug-likeness (QED) is 0.644. The van der Waals surface area contributed by atoms with Gasteiger partial charge in [0.1, 0.15) is 0 Å². The largest absolute Gasteiger partial charge is 0.490 e. The van der Waals surface area contributed by atoms with E-state index in [0.717, 1.165) is 5.69 Å². The number of hydrogen-bond acceptors (Lipinski definition) is 5. The van der Waals surface area contributed by atoms with Crippen LogP contribution in [-0.2, 0) is 0 Å². The second-order valence-electron chi connectivity index (χ2n) is 5.41. The molecule has 1 aliphatic carbocycles. The van der Waals surface area contributed by atoms with E-state index in [2.05, 4.69) is 5.32 Å². The molecule has 1 aromatic rings. The normalized spacial score (nSPS) is 24.4. The van der Waals surface area contributed by atoms with Crippen molar-refractivity contribution in [3.63, 3.8) is 0 Å². The average molecular weight is 266 g/mol. The molecule has 2 atom stereocenters. The fraction of sp³-hybridized carbons (Fsp3) is 0.538. The van der Waals surface area contributed by atoms with Gasteiger partial charge in [-0.1, -0.05) is 13.8 Å². The first-order chi connectivity index (χ1) is 8.86. The first kappa shape index (κ1) is 13.6. The Hall–Kier alpha value is -1.82. The summed E-state index contributed by atoms with van der Waals surface area (Å²) in [5.74, 6) is 0.229. The van der Waals surface area contributed by atoms with Gasteiger partial charge in [0.2, 0.25) is 0 Å². The fourth-order valence-corrected chi connectivity index (χ4v) is 2.27. The van der Waals surface area contributed by atoms with Crippen molar-refractivity contribution < 1.29 is 14.8 Å². The molecule has 0 aromatic heterocycles. The van der Waals surface area contributed by atoms with Gasteiger partial charge in [0, 0.05) is 29.3 Å². The molecule has 0 amide bonds. The molecule has 0 aliphatic heterocycles. The molecular formula is C13H18N2O4. The zero-order valence-electron chi connectivity index (χ0n) is 11.2. The Kier molecular flexibility index (Phi) is 3.36. The van der Waals surface area contributed by atoms with Gasteiger partial charge in [-0.3, -0.25) is 10.1 Å². The maximum Gasteiger partial charge on any atom is 0.311 e. The third kappa shape index (κ3) is 2.35. The number of methoxy groups -OCH3 is 1. The first-order valence-electron chi connectivity index (χ1n) is 6.13. The molecule has 1 aliphatic rings. The summed E-state index contributed by atoms with van der Waals surface area (Å²) in [6, 6.07) is 4.83. The molecule has 6 nitrogen and oxygen atoms in total. The number of aliphatic hydroxyl groups is 1. The van der Waals surface area contributed by atoms with Crippen LogP contribution < -0.4 is 10.1 Å². The predicted molar refractivity (Wildman–Crippen MR) is 71.5 cm³/mol. The van der Waals surface area contributed by atoms with E-state index < -0.39 is 4.92 Å². The Morgan fingerprint density at radius 1 is 1.53 bits per heavy atom. The minimum atomic E-state index is -0.473. The maximum absolute atomic E-state index is 10.8. The van der Waals surface area contributed by atoms with Gasteiger partial charge < -0.3 is 15.2 Å². The highest BCUT2D eigenvalue weighted by Gasteiger charge is 2.47. The van der Waals surface area contributed by atoms with Crippen molar-refractivity contribution in [2.45, 2.75) is 32.4 Å². The van der Waals surface area contributed by atoms with Gasteiger partial charge in [0.05, 0.1) is 18.1 Å². The Bertz CT molecular complexity index is 501. The third-order valence-electron chi connectivity index (χ3n) is 3.93. The summed E-state index contributed by atoms with van der Waals surface area (Å²) in [6.07, 6.45) is 0.358. The van der Waals surface area contributed by atoms with Crippen LogP contribution in [0.2, 0.25) is 0 Å². The highest BCUT2D eigenvalue weighted by atomic mass is 16.6. The molecule has 0 radical (unpaired) electrons. The van der Waals surface area contributed by atoms with Crippen LogP contribution in [0.25, 0.3) is 0 Å². The van der Waals surface area contributed by atoms with Crippen molar-refractivity contribution in [3.8, 4) is 5.75 Å². The van der Waals surface area contributed by atoms with E-state index in [-0.39, 0.29) is 29.0 Å². The number of rotatable bonds is 4. The fourth-order valence-electron chi connectivity index (χ4n) is 2.27. The Balaban J connectivity index is 2.17. The van der Waals surface area contributed by atoms with Crippen molar-refractivity contribution in [2.75, 3.05) is 12.4 Å². The van der Waals surface area contributed by atoms with E-state index >= 15 is 0 Å². The molecule has 104 valence electrons. The lowest BCUT2D eigenvalue weighted by atomic mass is 9.64. The van der Waals surface area contributed by atoms with Crippen molar-refractivity contribution in [1.29, 1.82) is 0 Å². The number of ether oxygens (including phenoxy) is 1. The van der Waals surface area contributed by atoms with Gasteiger partial charge in [-0.2, -0.15) is 0 Å². The molecule has 19 heavy (non-hydrogen) atoms. The van der Waals surface area contributed by atoms with E-state index in [9.17, 15) is 15.2 Å².